The number of nitrogens with zero attached hydrogens (tertiary/aromatic N) is 2. The molecule has 0 unspecified atom stereocenters. The maximum absolute atomic E-state index is 12.7. The van der Waals surface area contributed by atoms with Gasteiger partial charge in [-0.15, -0.1) is 0 Å². The van der Waals surface area contributed by atoms with Crippen LogP contribution in [0.3, 0.4) is 0 Å². The largest absolute Gasteiger partial charge is 0.363 e. The predicted octanol–water partition coefficient (Wildman–Crippen LogP) is 3.99. The topological polar surface area (TPSA) is 93.0 Å². The van der Waals surface area contributed by atoms with Crippen molar-refractivity contribution in [3.05, 3.63) is 48.5 Å². The van der Waals surface area contributed by atoms with E-state index in [0.717, 1.165) is 27.8 Å². The second-order valence-corrected chi connectivity index (χ2v) is 9.48. The second kappa shape index (κ2) is 6.66. The molecule has 3 aromatic rings. The van der Waals surface area contributed by atoms with E-state index in [4.69, 9.17) is 9.52 Å². The average Bonchev–Trinajstić information content (AvgIpc) is 3.12. The number of nitrogens with one attached hydrogen (secondary N) is 2. The van der Waals surface area contributed by atoms with Gasteiger partial charge in [0, 0.05) is 45.6 Å². The fraction of sp³-hybridized carbons (Fsp3) is 0.286. The molecule has 144 valence electrons. The summed E-state index contributed by atoms with van der Waals surface area (Å²) >= 11 is 0. The van der Waals surface area contributed by atoms with Gasteiger partial charge in [-0.2, -0.15) is 5.26 Å². The van der Waals surface area contributed by atoms with E-state index in [9.17, 15) is 9.47 Å². The summed E-state index contributed by atoms with van der Waals surface area (Å²) in [5, 5.41) is 10.5. The van der Waals surface area contributed by atoms with E-state index >= 15 is 0 Å². The highest BCUT2D eigenvalue weighted by molar-refractivity contribution is 7.92. The lowest BCUT2D eigenvalue weighted by Gasteiger charge is -2.46. The molecule has 1 atom stereocenters. The van der Waals surface area contributed by atoms with E-state index in [-0.39, 0.29) is 5.75 Å². The smallest absolute Gasteiger partial charge is 0.188 e. The van der Waals surface area contributed by atoms with Gasteiger partial charge in [0.25, 0.3) is 0 Å². The Hall–Kier alpha value is -2.82. The third-order valence-electron chi connectivity index (χ3n) is 5.40. The summed E-state index contributed by atoms with van der Waals surface area (Å²) in [6.07, 6.45) is 0. The Morgan fingerprint density at radius 1 is 1.29 bits per heavy atom. The Balaban J connectivity index is 1.84. The zero-order valence-electron chi connectivity index (χ0n) is 15.9. The zero-order valence-corrected chi connectivity index (χ0v) is 16.7. The molecule has 1 aliphatic heterocycles. The summed E-state index contributed by atoms with van der Waals surface area (Å²) in [6, 6.07) is 17.8. The van der Waals surface area contributed by atoms with Gasteiger partial charge >= 0.3 is 0 Å². The lowest BCUT2D eigenvalue weighted by Crippen LogP contribution is -2.62. The molecular weight excluding hydrogens is 372 g/mol. The number of nitriles is 1. The molecule has 4 rings (SSSR count). The van der Waals surface area contributed by atoms with Crippen LogP contribution in [0.2, 0.25) is 0 Å². The molecule has 7 heteroatoms. The molecule has 1 aliphatic rings. The molecule has 2 N–H and O–H groups in total. The Kier molecular flexibility index (Phi) is 4.41. The number of aromatic nitrogens is 1. The highest BCUT2D eigenvalue weighted by atomic mass is 32.2. The van der Waals surface area contributed by atoms with Gasteiger partial charge in [-0.1, -0.05) is 25.1 Å². The Labute approximate surface area is 164 Å². The summed E-state index contributed by atoms with van der Waals surface area (Å²) in [5.74, 6) is 0.267. The van der Waals surface area contributed by atoms with Gasteiger partial charge in [-0.05, 0) is 30.3 Å². The van der Waals surface area contributed by atoms with E-state index < -0.39 is 15.3 Å². The number of para-hydroxylation sites is 1. The first-order valence-corrected chi connectivity index (χ1v) is 10.8. The van der Waals surface area contributed by atoms with Gasteiger partial charge < -0.3 is 14.6 Å². The van der Waals surface area contributed by atoms with Crippen LogP contribution in [-0.4, -0.2) is 40.7 Å². The van der Waals surface area contributed by atoms with Crippen molar-refractivity contribution in [1.29, 1.82) is 10.0 Å². The van der Waals surface area contributed by atoms with E-state index in [1.54, 1.807) is 20.1 Å². The highest BCUT2D eigenvalue weighted by Gasteiger charge is 2.44. The maximum Gasteiger partial charge on any atom is 0.188 e. The third kappa shape index (κ3) is 2.95. The van der Waals surface area contributed by atoms with Crippen LogP contribution < -0.4 is 4.90 Å². The maximum atomic E-state index is 12.7. The third-order valence-corrected chi connectivity index (χ3v) is 7.23. The summed E-state index contributed by atoms with van der Waals surface area (Å²) in [7, 11) is -1.28. The number of hydrogen-bond donors (Lipinski definition) is 2. The minimum absolute atomic E-state index is 0.267. The van der Waals surface area contributed by atoms with Gasteiger partial charge in [-0.3, -0.25) is 0 Å². The lowest BCUT2D eigenvalue weighted by molar-refractivity contribution is 0.0156. The molecule has 0 aliphatic carbocycles. The first kappa shape index (κ1) is 18.5. The number of hydrogen-bond acceptors (Lipinski definition) is 5. The Bertz CT molecular complexity index is 1150. The Morgan fingerprint density at radius 3 is 2.68 bits per heavy atom. The van der Waals surface area contributed by atoms with E-state index in [1.807, 2.05) is 36.4 Å². The van der Waals surface area contributed by atoms with Crippen molar-refractivity contribution in [2.45, 2.75) is 17.4 Å². The molecule has 1 saturated heterocycles. The number of aromatic amines is 1. The van der Waals surface area contributed by atoms with Crippen molar-refractivity contribution in [1.82, 2.24) is 4.98 Å². The number of rotatable bonds is 5. The highest BCUT2D eigenvalue weighted by Crippen LogP contribution is 2.39. The molecule has 2 heterocycles. The molecule has 0 spiro atoms. The molecule has 1 fully saturated rings. The standard InChI is InChI=1S/C21H22N4O2S/c1-3-28(23,26)16-8-9-20(25-13-21(12-22,14-25)27-2)17(11-16)19-10-15-6-4-5-7-18(15)24-19/h4-11,23-24H,3,13-14H2,1-2H3/t28-/m0/s1. The second-order valence-electron chi connectivity index (χ2n) is 7.08. The molecule has 0 saturated carbocycles. The fourth-order valence-corrected chi connectivity index (χ4v) is 4.51. The number of benzene rings is 2. The van der Waals surface area contributed by atoms with Crippen molar-refractivity contribution >= 4 is 26.3 Å². The minimum Gasteiger partial charge on any atom is -0.363 e. The SMILES string of the molecule is CC[S@](=N)(=O)c1ccc(N2CC(C#N)(OC)C2)c(-c2cc3ccccc3[nH]2)c1. The number of anilines is 1. The quantitative estimate of drug-likeness (QED) is 0.684. The zero-order chi connectivity index (χ0) is 19.9. The first-order valence-electron chi connectivity index (χ1n) is 9.11. The van der Waals surface area contributed by atoms with Crippen LogP contribution in [0.4, 0.5) is 5.69 Å². The van der Waals surface area contributed by atoms with Crippen molar-refractivity contribution in [3.63, 3.8) is 0 Å². The number of fused-ring (bicyclic) bond motifs is 1. The van der Waals surface area contributed by atoms with Crippen LogP contribution >= 0.6 is 0 Å². The van der Waals surface area contributed by atoms with Crippen LogP contribution in [0.1, 0.15) is 6.92 Å². The predicted molar refractivity (Wildman–Crippen MR) is 111 cm³/mol. The molecule has 0 radical (unpaired) electrons. The van der Waals surface area contributed by atoms with Crippen LogP contribution in [0.15, 0.2) is 53.4 Å². The number of methoxy groups -OCH3 is 1. The molecule has 2 aromatic carbocycles. The normalized spacial score (nSPS) is 17.7. The summed E-state index contributed by atoms with van der Waals surface area (Å²) in [4.78, 5) is 6.02. The summed E-state index contributed by atoms with van der Waals surface area (Å²) in [6.45, 7) is 2.70. The van der Waals surface area contributed by atoms with Gasteiger partial charge in [-0.25, -0.2) is 8.99 Å². The van der Waals surface area contributed by atoms with Gasteiger partial charge in [0.2, 0.25) is 0 Å². The Morgan fingerprint density at radius 2 is 2.04 bits per heavy atom. The molecule has 28 heavy (non-hydrogen) atoms. The minimum atomic E-state index is -2.83. The van der Waals surface area contributed by atoms with Crippen LogP contribution in [0, 0.1) is 16.1 Å². The molecular formula is C21H22N4O2S. The molecule has 0 amide bonds. The van der Waals surface area contributed by atoms with Crippen molar-refractivity contribution in [2.75, 3.05) is 30.9 Å². The van der Waals surface area contributed by atoms with Crippen molar-refractivity contribution in [3.8, 4) is 17.3 Å². The molecule has 1 aromatic heterocycles. The number of H-pyrrole nitrogens is 1. The monoisotopic (exact) mass is 394 g/mol. The van der Waals surface area contributed by atoms with E-state index in [1.165, 1.54) is 0 Å². The van der Waals surface area contributed by atoms with E-state index in [2.05, 4.69) is 22.0 Å². The van der Waals surface area contributed by atoms with Gasteiger partial charge in [0.1, 0.15) is 6.07 Å². The van der Waals surface area contributed by atoms with Gasteiger partial charge in [0.05, 0.1) is 22.8 Å². The first-order chi connectivity index (χ1) is 13.4. The number of ether oxygens (including phenoxy) is 1. The van der Waals surface area contributed by atoms with Crippen LogP contribution in [-0.2, 0) is 14.5 Å². The van der Waals surface area contributed by atoms with Crippen LogP contribution in [0.25, 0.3) is 22.2 Å². The van der Waals surface area contributed by atoms with Crippen LogP contribution in [0.5, 0.6) is 0 Å². The van der Waals surface area contributed by atoms with Crippen molar-refractivity contribution in [2.24, 2.45) is 0 Å². The lowest BCUT2D eigenvalue weighted by atomic mass is 9.93. The molecule has 0 bridgehead atoms. The molecule has 6 nitrogen and oxygen atoms in total. The fourth-order valence-electron chi connectivity index (χ4n) is 3.58. The summed E-state index contributed by atoms with van der Waals surface area (Å²) < 4.78 is 26.2. The van der Waals surface area contributed by atoms with E-state index in [0.29, 0.717) is 18.0 Å². The summed E-state index contributed by atoms with van der Waals surface area (Å²) in [5.41, 5.74) is 2.94. The van der Waals surface area contributed by atoms with Gasteiger partial charge in [0.15, 0.2) is 5.60 Å². The van der Waals surface area contributed by atoms with Crippen molar-refractivity contribution < 1.29 is 8.95 Å². The average molecular weight is 395 g/mol.